The van der Waals surface area contributed by atoms with E-state index in [1.807, 2.05) is 0 Å². The Morgan fingerprint density at radius 3 is 2.85 bits per heavy atom. The van der Waals surface area contributed by atoms with Gasteiger partial charge in [0, 0.05) is 18.2 Å². The van der Waals surface area contributed by atoms with Gasteiger partial charge in [0.05, 0.1) is 6.42 Å². The molecule has 1 atom stereocenters. The zero-order chi connectivity index (χ0) is 13.7. The molecule has 1 aliphatic heterocycles. The van der Waals surface area contributed by atoms with E-state index in [1.165, 1.54) is 6.42 Å². The van der Waals surface area contributed by atoms with E-state index in [4.69, 9.17) is 0 Å². The van der Waals surface area contributed by atoms with Crippen molar-refractivity contribution in [2.75, 3.05) is 13.1 Å². The fraction of sp³-hybridized carbons (Fsp3) is 0.500. The van der Waals surface area contributed by atoms with Crippen LogP contribution in [0.2, 0.25) is 0 Å². The highest BCUT2D eigenvalue weighted by molar-refractivity contribution is 5.85. The minimum absolute atomic E-state index is 0. The predicted octanol–water partition coefficient (Wildman–Crippen LogP) is 2.19. The first-order chi connectivity index (χ1) is 9.15. The summed E-state index contributed by atoms with van der Waals surface area (Å²) in [6.45, 7) is 1.51. The number of hydrogen-bond acceptors (Lipinski definition) is 2. The lowest BCUT2D eigenvalue weighted by Gasteiger charge is -2.23. The molecule has 1 aromatic carbocycles. The van der Waals surface area contributed by atoms with Crippen LogP contribution in [0.15, 0.2) is 18.2 Å². The van der Waals surface area contributed by atoms with E-state index in [0.717, 1.165) is 37.6 Å². The van der Waals surface area contributed by atoms with Crippen LogP contribution in [0.1, 0.15) is 24.8 Å². The number of carbonyl (C=O) groups excluding carboxylic acids is 1. The molecule has 0 aliphatic carbocycles. The third-order valence-corrected chi connectivity index (χ3v) is 3.32. The molecule has 1 aromatic rings. The first-order valence-electron chi connectivity index (χ1n) is 6.59. The van der Waals surface area contributed by atoms with Crippen molar-refractivity contribution in [1.29, 1.82) is 0 Å². The summed E-state index contributed by atoms with van der Waals surface area (Å²) in [6, 6.07) is 3.44. The van der Waals surface area contributed by atoms with Crippen molar-refractivity contribution < 1.29 is 13.6 Å². The van der Waals surface area contributed by atoms with Crippen LogP contribution in [0.4, 0.5) is 8.78 Å². The lowest BCUT2D eigenvalue weighted by Crippen LogP contribution is -2.43. The molecule has 1 fully saturated rings. The summed E-state index contributed by atoms with van der Waals surface area (Å²) >= 11 is 0. The largest absolute Gasteiger partial charge is 0.354 e. The Labute approximate surface area is 123 Å². The standard InChI is InChI=1S/C14H18F2N2O.ClH/c15-11-4-5-13(16)10(7-11)8-14(19)18-9-12-3-1-2-6-17-12;/h4-5,7,12,17H,1-3,6,8-9H2,(H,18,19);1H. The third-order valence-electron chi connectivity index (χ3n) is 3.32. The van der Waals surface area contributed by atoms with Gasteiger partial charge in [0.25, 0.3) is 0 Å². The molecular weight excluding hydrogens is 286 g/mol. The van der Waals surface area contributed by atoms with Crippen molar-refractivity contribution in [2.24, 2.45) is 0 Å². The minimum atomic E-state index is -0.549. The molecule has 1 amide bonds. The first kappa shape index (κ1) is 16.9. The molecule has 3 nitrogen and oxygen atoms in total. The second-order valence-electron chi connectivity index (χ2n) is 4.86. The number of hydrogen-bond donors (Lipinski definition) is 2. The average molecular weight is 305 g/mol. The molecular formula is C14H19ClF2N2O. The molecule has 2 N–H and O–H groups in total. The smallest absolute Gasteiger partial charge is 0.224 e. The summed E-state index contributed by atoms with van der Waals surface area (Å²) in [5.41, 5.74) is 0.0918. The molecule has 0 radical (unpaired) electrons. The number of benzene rings is 1. The fourth-order valence-electron chi connectivity index (χ4n) is 2.25. The average Bonchev–Trinajstić information content (AvgIpc) is 2.42. The Morgan fingerprint density at radius 1 is 1.35 bits per heavy atom. The maximum absolute atomic E-state index is 13.4. The van der Waals surface area contributed by atoms with Gasteiger partial charge in [0.2, 0.25) is 5.91 Å². The van der Waals surface area contributed by atoms with Gasteiger partial charge in [0.1, 0.15) is 11.6 Å². The Kier molecular flexibility index (Phi) is 6.88. The third kappa shape index (κ3) is 5.06. The van der Waals surface area contributed by atoms with Crippen LogP contribution >= 0.6 is 12.4 Å². The van der Waals surface area contributed by atoms with Crippen molar-refractivity contribution in [1.82, 2.24) is 10.6 Å². The van der Waals surface area contributed by atoms with Crippen LogP contribution in [-0.4, -0.2) is 25.0 Å². The quantitative estimate of drug-likeness (QED) is 0.895. The van der Waals surface area contributed by atoms with Crippen LogP contribution in [0, 0.1) is 11.6 Å². The van der Waals surface area contributed by atoms with E-state index in [0.29, 0.717) is 6.54 Å². The van der Waals surface area contributed by atoms with Crippen molar-refractivity contribution in [2.45, 2.75) is 31.7 Å². The molecule has 0 bridgehead atoms. The fourth-order valence-corrected chi connectivity index (χ4v) is 2.25. The van der Waals surface area contributed by atoms with Crippen molar-refractivity contribution in [3.8, 4) is 0 Å². The number of amides is 1. The first-order valence-corrected chi connectivity index (χ1v) is 6.59. The monoisotopic (exact) mass is 304 g/mol. The summed E-state index contributed by atoms with van der Waals surface area (Å²) in [5, 5.41) is 6.07. The van der Waals surface area contributed by atoms with Gasteiger partial charge < -0.3 is 10.6 Å². The van der Waals surface area contributed by atoms with Crippen LogP contribution in [0.5, 0.6) is 0 Å². The maximum atomic E-state index is 13.4. The molecule has 2 rings (SSSR count). The Morgan fingerprint density at radius 2 is 2.15 bits per heavy atom. The van der Waals surface area contributed by atoms with E-state index >= 15 is 0 Å². The molecule has 20 heavy (non-hydrogen) atoms. The molecule has 6 heteroatoms. The summed E-state index contributed by atoms with van der Waals surface area (Å²) < 4.78 is 26.3. The highest BCUT2D eigenvalue weighted by atomic mass is 35.5. The number of nitrogens with one attached hydrogen (secondary N) is 2. The lowest BCUT2D eigenvalue weighted by molar-refractivity contribution is -0.120. The summed E-state index contributed by atoms with van der Waals surface area (Å²) in [4.78, 5) is 11.7. The summed E-state index contributed by atoms with van der Waals surface area (Å²) in [7, 11) is 0. The summed E-state index contributed by atoms with van der Waals surface area (Å²) in [5.74, 6) is -1.36. The van der Waals surface area contributed by atoms with Gasteiger partial charge in [-0.15, -0.1) is 12.4 Å². The molecule has 112 valence electrons. The molecule has 1 saturated heterocycles. The van der Waals surface area contributed by atoms with Crippen molar-refractivity contribution in [3.63, 3.8) is 0 Å². The zero-order valence-corrected chi connectivity index (χ0v) is 11.9. The van der Waals surface area contributed by atoms with E-state index in [9.17, 15) is 13.6 Å². The minimum Gasteiger partial charge on any atom is -0.354 e. The van der Waals surface area contributed by atoms with Gasteiger partial charge in [0.15, 0.2) is 0 Å². The molecule has 1 aliphatic rings. The van der Waals surface area contributed by atoms with Crippen molar-refractivity contribution >= 4 is 18.3 Å². The molecule has 0 saturated carbocycles. The van der Waals surface area contributed by atoms with Crippen LogP contribution in [-0.2, 0) is 11.2 Å². The molecule has 1 unspecified atom stereocenters. The Balaban J connectivity index is 0.00000200. The van der Waals surface area contributed by atoms with Gasteiger partial charge in [-0.05, 0) is 37.6 Å². The maximum Gasteiger partial charge on any atom is 0.224 e. The van der Waals surface area contributed by atoms with Gasteiger partial charge >= 0.3 is 0 Å². The molecule has 0 spiro atoms. The predicted molar refractivity (Wildman–Crippen MR) is 76.0 cm³/mol. The summed E-state index contributed by atoms with van der Waals surface area (Å²) in [6.07, 6.45) is 3.23. The van der Waals surface area contributed by atoms with Crippen molar-refractivity contribution in [3.05, 3.63) is 35.4 Å². The SMILES string of the molecule is Cl.O=C(Cc1cc(F)ccc1F)NCC1CCCCN1. The Bertz CT molecular complexity index is 451. The van der Waals surface area contributed by atoms with Crippen LogP contribution < -0.4 is 10.6 Å². The van der Waals surface area contributed by atoms with Crippen LogP contribution in [0.25, 0.3) is 0 Å². The second-order valence-corrected chi connectivity index (χ2v) is 4.86. The Hall–Kier alpha value is -1.20. The number of halogens is 3. The number of piperidine rings is 1. The van der Waals surface area contributed by atoms with Gasteiger partial charge in [-0.25, -0.2) is 8.78 Å². The van der Waals surface area contributed by atoms with E-state index in [2.05, 4.69) is 10.6 Å². The van der Waals surface area contributed by atoms with E-state index < -0.39 is 11.6 Å². The molecule has 0 aromatic heterocycles. The van der Waals surface area contributed by atoms with E-state index in [-0.39, 0.29) is 36.3 Å². The van der Waals surface area contributed by atoms with Gasteiger partial charge in [-0.2, -0.15) is 0 Å². The topological polar surface area (TPSA) is 41.1 Å². The van der Waals surface area contributed by atoms with E-state index in [1.54, 1.807) is 0 Å². The van der Waals surface area contributed by atoms with Crippen LogP contribution in [0.3, 0.4) is 0 Å². The molecule has 1 heterocycles. The highest BCUT2D eigenvalue weighted by Crippen LogP contribution is 2.10. The number of carbonyl (C=O) groups is 1. The second kappa shape index (κ2) is 8.17. The number of rotatable bonds is 4. The van der Waals surface area contributed by atoms with Gasteiger partial charge in [-0.3, -0.25) is 4.79 Å². The lowest BCUT2D eigenvalue weighted by atomic mass is 10.0. The van der Waals surface area contributed by atoms with Gasteiger partial charge in [-0.1, -0.05) is 6.42 Å². The zero-order valence-electron chi connectivity index (χ0n) is 11.1. The highest BCUT2D eigenvalue weighted by Gasteiger charge is 2.14. The normalized spacial score (nSPS) is 18.2.